The smallest absolute Gasteiger partial charge is 0.0446 e. The van der Waals surface area contributed by atoms with Gasteiger partial charge in [0.2, 0.25) is 0 Å². The van der Waals surface area contributed by atoms with Crippen LogP contribution >= 0.6 is 0 Å². The summed E-state index contributed by atoms with van der Waals surface area (Å²) in [6.45, 7) is 6.84. The molecule has 66 valence electrons. The summed E-state index contributed by atoms with van der Waals surface area (Å²) in [6.07, 6.45) is 0.904. The molecule has 11 heavy (non-hydrogen) atoms. The minimum atomic E-state index is 0.308. The van der Waals surface area contributed by atoms with Crippen LogP contribution < -0.4 is 5.32 Å². The number of rotatable bonds is 3. The summed E-state index contributed by atoms with van der Waals surface area (Å²) in [5.74, 6) is 0. The summed E-state index contributed by atoms with van der Waals surface area (Å²) < 4.78 is 0. The predicted octanol–water partition coefficient (Wildman–Crippen LogP) is -0.337. The van der Waals surface area contributed by atoms with Gasteiger partial charge in [0, 0.05) is 32.3 Å². The largest absolute Gasteiger partial charge is 0.396 e. The zero-order valence-electron chi connectivity index (χ0n) is 7.21. The Morgan fingerprint density at radius 1 is 1.64 bits per heavy atom. The van der Waals surface area contributed by atoms with Crippen LogP contribution in [0.2, 0.25) is 0 Å². The van der Waals surface area contributed by atoms with Crippen LogP contribution in [-0.2, 0) is 0 Å². The summed E-state index contributed by atoms with van der Waals surface area (Å²) in [4.78, 5) is 2.42. The lowest BCUT2D eigenvalue weighted by Crippen LogP contribution is -2.51. The molecule has 1 rings (SSSR count). The minimum absolute atomic E-state index is 0.308. The number of aliphatic hydroxyl groups excluding tert-OH is 1. The first-order chi connectivity index (χ1) is 5.38. The van der Waals surface area contributed by atoms with Gasteiger partial charge in [0.1, 0.15) is 0 Å². The first kappa shape index (κ1) is 8.97. The third-order valence-electron chi connectivity index (χ3n) is 2.34. The number of nitrogens with one attached hydrogen (secondary N) is 1. The quantitative estimate of drug-likeness (QED) is 0.590. The van der Waals surface area contributed by atoms with E-state index < -0.39 is 0 Å². The number of hydrogen-bond acceptors (Lipinski definition) is 3. The molecule has 1 saturated heterocycles. The molecule has 0 saturated carbocycles. The molecular formula is C8H18N2O. The molecule has 1 heterocycles. The van der Waals surface area contributed by atoms with E-state index >= 15 is 0 Å². The average Bonchev–Trinajstić information content (AvgIpc) is 2.06. The van der Waals surface area contributed by atoms with Crippen molar-refractivity contribution in [1.29, 1.82) is 0 Å². The first-order valence-corrected chi connectivity index (χ1v) is 4.44. The Balaban J connectivity index is 2.31. The molecule has 1 unspecified atom stereocenters. The van der Waals surface area contributed by atoms with Crippen molar-refractivity contribution >= 4 is 0 Å². The summed E-state index contributed by atoms with van der Waals surface area (Å²) in [7, 11) is 0. The van der Waals surface area contributed by atoms with Gasteiger partial charge in [0.05, 0.1) is 0 Å². The number of likely N-dealkylation sites (N-methyl/N-ethyl adjacent to an activating group) is 1. The second kappa shape index (κ2) is 4.70. The maximum Gasteiger partial charge on any atom is 0.0446 e. The molecule has 1 atom stereocenters. The first-order valence-electron chi connectivity index (χ1n) is 4.44. The molecule has 0 aromatic heterocycles. The lowest BCUT2D eigenvalue weighted by molar-refractivity contribution is 0.136. The molecule has 0 amide bonds. The Labute approximate surface area is 68.4 Å². The third kappa shape index (κ3) is 2.43. The van der Waals surface area contributed by atoms with Gasteiger partial charge in [-0.1, -0.05) is 6.92 Å². The van der Waals surface area contributed by atoms with Gasteiger partial charge in [0.15, 0.2) is 0 Å². The van der Waals surface area contributed by atoms with Crippen LogP contribution in [0, 0.1) is 0 Å². The lowest BCUT2D eigenvalue weighted by atomic mass is 10.1. The van der Waals surface area contributed by atoms with Gasteiger partial charge >= 0.3 is 0 Å². The molecule has 0 bridgehead atoms. The minimum Gasteiger partial charge on any atom is -0.396 e. The Bertz CT molecular complexity index is 106. The van der Waals surface area contributed by atoms with E-state index in [-0.39, 0.29) is 0 Å². The van der Waals surface area contributed by atoms with Crippen LogP contribution in [0.3, 0.4) is 0 Å². The van der Waals surface area contributed by atoms with Gasteiger partial charge in [-0.2, -0.15) is 0 Å². The Hall–Kier alpha value is -0.120. The Kier molecular flexibility index (Phi) is 3.83. The Morgan fingerprint density at radius 3 is 3.09 bits per heavy atom. The molecule has 0 aromatic rings. The van der Waals surface area contributed by atoms with Crippen LogP contribution in [0.15, 0.2) is 0 Å². The highest BCUT2D eigenvalue weighted by Crippen LogP contribution is 2.05. The van der Waals surface area contributed by atoms with Gasteiger partial charge in [-0.05, 0) is 13.0 Å². The zero-order chi connectivity index (χ0) is 8.10. The molecule has 1 aliphatic rings. The van der Waals surface area contributed by atoms with E-state index in [1.807, 2.05) is 0 Å². The highest BCUT2D eigenvalue weighted by Gasteiger charge is 2.19. The van der Waals surface area contributed by atoms with E-state index in [0.717, 1.165) is 32.6 Å². The number of nitrogens with zero attached hydrogens (tertiary/aromatic N) is 1. The van der Waals surface area contributed by atoms with Crippen LogP contribution in [0.1, 0.15) is 13.3 Å². The van der Waals surface area contributed by atoms with Crippen LogP contribution in [0.4, 0.5) is 0 Å². The topological polar surface area (TPSA) is 35.5 Å². The van der Waals surface area contributed by atoms with Crippen LogP contribution in [0.5, 0.6) is 0 Å². The third-order valence-corrected chi connectivity index (χ3v) is 2.34. The van der Waals surface area contributed by atoms with E-state index in [1.54, 1.807) is 0 Å². The summed E-state index contributed by atoms with van der Waals surface area (Å²) in [5.41, 5.74) is 0. The normalized spacial score (nSPS) is 27.3. The number of aliphatic hydroxyl groups is 1. The lowest BCUT2D eigenvalue weighted by Gasteiger charge is -2.34. The zero-order valence-corrected chi connectivity index (χ0v) is 7.21. The molecule has 0 spiro atoms. The molecule has 0 aromatic carbocycles. The summed E-state index contributed by atoms with van der Waals surface area (Å²) in [6, 6.07) is 0.554. The monoisotopic (exact) mass is 158 g/mol. The van der Waals surface area contributed by atoms with Crippen molar-refractivity contribution < 1.29 is 5.11 Å². The van der Waals surface area contributed by atoms with E-state index in [1.165, 1.54) is 0 Å². The second-order valence-corrected chi connectivity index (χ2v) is 3.00. The van der Waals surface area contributed by atoms with Gasteiger partial charge < -0.3 is 10.4 Å². The molecule has 2 N–H and O–H groups in total. The van der Waals surface area contributed by atoms with Crippen molar-refractivity contribution in [2.45, 2.75) is 19.4 Å². The van der Waals surface area contributed by atoms with Crippen molar-refractivity contribution in [3.8, 4) is 0 Å². The fraction of sp³-hybridized carbons (Fsp3) is 1.00. The van der Waals surface area contributed by atoms with Crippen molar-refractivity contribution in [3.05, 3.63) is 0 Å². The predicted molar refractivity (Wildman–Crippen MR) is 45.6 cm³/mol. The van der Waals surface area contributed by atoms with E-state index in [2.05, 4.69) is 17.1 Å². The van der Waals surface area contributed by atoms with Gasteiger partial charge in [-0.3, -0.25) is 4.90 Å². The van der Waals surface area contributed by atoms with Gasteiger partial charge in [-0.15, -0.1) is 0 Å². The van der Waals surface area contributed by atoms with Crippen molar-refractivity contribution in [3.63, 3.8) is 0 Å². The Morgan fingerprint density at radius 2 is 2.45 bits per heavy atom. The number of hydrogen-bond donors (Lipinski definition) is 2. The average molecular weight is 158 g/mol. The molecule has 3 nitrogen and oxygen atoms in total. The maximum atomic E-state index is 8.78. The molecular weight excluding hydrogens is 140 g/mol. The highest BCUT2D eigenvalue weighted by molar-refractivity contribution is 4.78. The highest BCUT2D eigenvalue weighted by atomic mass is 16.3. The number of piperazine rings is 1. The molecule has 3 heteroatoms. The van der Waals surface area contributed by atoms with Gasteiger partial charge in [-0.25, -0.2) is 0 Å². The van der Waals surface area contributed by atoms with E-state index in [4.69, 9.17) is 5.11 Å². The molecule has 1 aliphatic heterocycles. The fourth-order valence-electron chi connectivity index (χ4n) is 1.65. The fourth-order valence-corrected chi connectivity index (χ4v) is 1.65. The summed E-state index contributed by atoms with van der Waals surface area (Å²) >= 11 is 0. The molecule has 0 radical (unpaired) electrons. The summed E-state index contributed by atoms with van der Waals surface area (Å²) in [5, 5.41) is 12.1. The van der Waals surface area contributed by atoms with E-state index in [0.29, 0.717) is 12.6 Å². The van der Waals surface area contributed by atoms with Gasteiger partial charge in [0.25, 0.3) is 0 Å². The molecule has 0 aliphatic carbocycles. The standard InChI is InChI=1S/C8H18N2O/c1-2-10-5-4-9-7-8(10)3-6-11/h8-9,11H,2-7H2,1H3. The second-order valence-electron chi connectivity index (χ2n) is 3.00. The van der Waals surface area contributed by atoms with E-state index in [9.17, 15) is 0 Å². The van der Waals surface area contributed by atoms with Crippen molar-refractivity contribution in [2.75, 3.05) is 32.8 Å². The van der Waals surface area contributed by atoms with Crippen LogP contribution in [-0.4, -0.2) is 48.8 Å². The molecule has 1 fully saturated rings. The maximum absolute atomic E-state index is 8.78. The van der Waals surface area contributed by atoms with Crippen molar-refractivity contribution in [1.82, 2.24) is 10.2 Å². The SMILES string of the molecule is CCN1CCNCC1CCO. The van der Waals surface area contributed by atoms with Crippen LogP contribution in [0.25, 0.3) is 0 Å². The van der Waals surface area contributed by atoms with Crippen molar-refractivity contribution in [2.24, 2.45) is 0 Å².